The predicted octanol–water partition coefficient (Wildman–Crippen LogP) is 1.13. The molecule has 3 N–H and O–H groups in total. The number of carbonyl (C=O) groups is 2. The molecule has 1 unspecified atom stereocenters. The number of fused-ring (bicyclic) bond motifs is 1. The van der Waals surface area contributed by atoms with Crippen molar-refractivity contribution in [1.29, 1.82) is 0 Å². The van der Waals surface area contributed by atoms with Gasteiger partial charge in [0.25, 0.3) is 11.5 Å². The van der Waals surface area contributed by atoms with Crippen LogP contribution >= 0.6 is 11.3 Å². The summed E-state index contributed by atoms with van der Waals surface area (Å²) in [6, 6.07) is 0. The molecule has 0 aliphatic heterocycles. The lowest BCUT2D eigenvalue weighted by Gasteiger charge is -2.07. The second kappa shape index (κ2) is 6.04. The third-order valence-corrected chi connectivity index (χ3v) is 4.42. The van der Waals surface area contributed by atoms with E-state index in [1.165, 1.54) is 6.33 Å². The molecule has 0 saturated heterocycles. The molecule has 0 aliphatic carbocycles. The summed E-state index contributed by atoms with van der Waals surface area (Å²) in [4.78, 5) is 42.0. The zero-order valence-electron chi connectivity index (χ0n) is 11.6. The summed E-state index contributed by atoms with van der Waals surface area (Å²) in [5, 5.41) is 11.9. The molecule has 0 aliphatic rings. The fraction of sp³-hybridized carbons (Fsp3) is 0.385. The van der Waals surface area contributed by atoms with E-state index in [9.17, 15) is 14.4 Å². The molecule has 0 saturated carbocycles. The quantitative estimate of drug-likeness (QED) is 0.766. The van der Waals surface area contributed by atoms with Gasteiger partial charge in [0.1, 0.15) is 4.83 Å². The maximum atomic E-state index is 12.1. The van der Waals surface area contributed by atoms with Gasteiger partial charge in [0.05, 0.1) is 22.5 Å². The van der Waals surface area contributed by atoms with Crippen LogP contribution in [0.3, 0.4) is 0 Å². The van der Waals surface area contributed by atoms with Crippen molar-refractivity contribution in [2.24, 2.45) is 5.92 Å². The van der Waals surface area contributed by atoms with Gasteiger partial charge in [-0.2, -0.15) is 0 Å². The van der Waals surface area contributed by atoms with Gasteiger partial charge in [-0.1, -0.05) is 6.92 Å². The molecular formula is C13H15N3O4S. The Hall–Kier alpha value is -2.22. The lowest BCUT2D eigenvalue weighted by molar-refractivity contribution is -0.141. The summed E-state index contributed by atoms with van der Waals surface area (Å²) < 4.78 is 0. The van der Waals surface area contributed by atoms with E-state index in [-0.39, 0.29) is 18.0 Å². The van der Waals surface area contributed by atoms with Crippen LogP contribution in [0.2, 0.25) is 0 Å². The highest BCUT2D eigenvalue weighted by molar-refractivity contribution is 7.20. The molecule has 0 bridgehead atoms. The average Bonchev–Trinajstić information content (AvgIpc) is 2.77. The number of thiophene rings is 1. The largest absolute Gasteiger partial charge is 0.481 e. The Morgan fingerprint density at radius 2 is 2.24 bits per heavy atom. The number of hydrogen-bond donors (Lipinski definition) is 3. The first kappa shape index (κ1) is 15.2. The first-order valence-electron chi connectivity index (χ1n) is 6.39. The number of amides is 1. The Bertz CT molecular complexity index is 749. The summed E-state index contributed by atoms with van der Waals surface area (Å²) in [5.74, 6) is -1.72. The zero-order chi connectivity index (χ0) is 15.6. The molecule has 0 fully saturated rings. The van der Waals surface area contributed by atoms with E-state index in [0.29, 0.717) is 27.1 Å². The Morgan fingerprint density at radius 1 is 1.52 bits per heavy atom. The summed E-state index contributed by atoms with van der Waals surface area (Å²) in [6.45, 7) is 3.55. The Kier molecular flexibility index (Phi) is 4.37. The Morgan fingerprint density at radius 3 is 2.86 bits per heavy atom. The van der Waals surface area contributed by atoms with E-state index in [4.69, 9.17) is 5.11 Å². The van der Waals surface area contributed by atoms with Crippen LogP contribution in [-0.2, 0) is 4.79 Å². The highest BCUT2D eigenvalue weighted by atomic mass is 32.1. The number of aryl methyl sites for hydroxylation is 1. The Labute approximate surface area is 124 Å². The van der Waals surface area contributed by atoms with Crippen LogP contribution in [0.5, 0.6) is 0 Å². The van der Waals surface area contributed by atoms with Crippen LogP contribution in [0.15, 0.2) is 11.1 Å². The van der Waals surface area contributed by atoms with Crippen molar-refractivity contribution >= 4 is 33.4 Å². The average molecular weight is 309 g/mol. The molecule has 2 aromatic heterocycles. The van der Waals surface area contributed by atoms with Crippen LogP contribution in [-0.4, -0.2) is 33.5 Å². The second-order valence-corrected chi connectivity index (χ2v) is 5.75. The summed E-state index contributed by atoms with van der Waals surface area (Å²) in [7, 11) is 0. The molecule has 2 aromatic rings. The van der Waals surface area contributed by atoms with Crippen molar-refractivity contribution in [1.82, 2.24) is 15.3 Å². The van der Waals surface area contributed by atoms with Crippen molar-refractivity contribution in [3.63, 3.8) is 0 Å². The molecule has 21 heavy (non-hydrogen) atoms. The topological polar surface area (TPSA) is 112 Å². The molecule has 1 amide bonds. The number of rotatable bonds is 5. The van der Waals surface area contributed by atoms with E-state index in [1.54, 1.807) is 13.8 Å². The van der Waals surface area contributed by atoms with Crippen LogP contribution in [0.25, 0.3) is 10.2 Å². The van der Waals surface area contributed by atoms with Crippen molar-refractivity contribution in [2.75, 3.05) is 6.54 Å². The maximum Gasteiger partial charge on any atom is 0.306 e. The van der Waals surface area contributed by atoms with Gasteiger partial charge in [0.15, 0.2) is 0 Å². The molecular weight excluding hydrogens is 294 g/mol. The number of nitrogens with one attached hydrogen (secondary N) is 2. The number of nitrogens with zero attached hydrogens (tertiary/aromatic N) is 1. The lowest BCUT2D eigenvalue weighted by atomic mass is 10.1. The molecule has 0 aromatic carbocycles. The summed E-state index contributed by atoms with van der Waals surface area (Å²) in [5.41, 5.74) is 0.320. The van der Waals surface area contributed by atoms with Gasteiger partial charge in [-0.3, -0.25) is 14.4 Å². The fourth-order valence-corrected chi connectivity index (χ4v) is 2.97. The number of carboxylic acids is 1. The lowest BCUT2D eigenvalue weighted by Crippen LogP contribution is -2.26. The number of hydrogen-bond acceptors (Lipinski definition) is 5. The van der Waals surface area contributed by atoms with Gasteiger partial charge >= 0.3 is 5.97 Å². The monoisotopic (exact) mass is 309 g/mol. The minimum absolute atomic E-state index is 0.268. The summed E-state index contributed by atoms with van der Waals surface area (Å²) >= 11 is 1.15. The third kappa shape index (κ3) is 3.10. The van der Waals surface area contributed by atoms with Gasteiger partial charge in [0.2, 0.25) is 0 Å². The molecule has 8 heteroatoms. The minimum atomic E-state index is -0.891. The highest BCUT2D eigenvalue weighted by Crippen LogP contribution is 2.26. The van der Waals surface area contributed by atoms with Gasteiger partial charge in [-0.25, -0.2) is 4.98 Å². The number of aromatic amines is 1. The van der Waals surface area contributed by atoms with E-state index in [0.717, 1.165) is 11.3 Å². The smallest absolute Gasteiger partial charge is 0.306 e. The minimum Gasteiger partial charge on any atom is -0.481 e. The third-order valence-electron chi connectivity index (χ3n) is 3.22. The summed E-state index contributed by atoms with van der Waals surface area (Å²) in [6.07, 6.45) is 1.65. The first-order chi connectivity index (χ1) is 9.91. The Balaban J connectivity index is 2.13. The van der Waals surface area contributed by atoms with Crippen molar-refractivity contribution in [3.8, 4) is 0 Å². The van der Waals surface area contributed by atoms with E-state index < -0.39 is 11.9 Å². The first-order valence-corrected chi connectivity index (χ1v) is 7.21. The molecule has 112 valence electrons. The standard InChI is InChI=1S/C13H15N3O4S/c1-6(13(19)20)3-4-14-11(18)9-7(2)8-10(17)15-5-16-12(8)21-9/h5-6H,3-4H2,1-2H3,(H,14,18)(H,19,20)(H,15,16,17). The van der Waals surface area contributed by atoms with Gasteiger partial charge < -0.3 is 15.4 Å². The molecule has 0 spiro atoms. The van der Waals surface area contributed by atoms with Crippen molar-refractivity contribution in [2.45, 2.75) is 20.3 Å². The zero-order valence-corrected chi connectivity index (χ0v) is 12.4. The second-order valence-electron chi connectivity index (χ2n) is 4.75. The number of aliphatic carboxylic acids is 1. The SMILES string of the molecule is Cc1c(C(=O)NCCC(C)C(=O)O)sc2nc[nH]c(=O)c12. The molecule has 7 nitrogen and oxygen atoms in total. The predicted molar refractivity (Wildman–Crippen MR) is 78.7 cm³/mol. The normalized spacial score (nSPS) is 12.3. The van der Waals surface area contributed by atoms with Crippen molar-refractivity contribution in [3.05, 3.63) is 27.1 Å². The van der Waals surface area contributed by atoms with Crippen LogP contribution in [0, 0.1) is 12.8 Å². The molecule has 1 atom stereocenters. The van der Waals surface area contributed by atoms with Crippen LogP contribution in [0.1, 0.15) is 28.6 Å². The number of H-pyrrole nitrogens is 1. The van der Waals surface area contributed by atoms with Crippen LogP contribution < -0.4 is 10.9 Å². The van der Waals surface area contributed by atoms with Crippen molar-refractivity contribution < 1.29 is 14.7 Å². The van der Waals surface area contributed by atoms with Gasteiger partial charge in [-0.15, -0.1) is 11.3 Å². The number of carboxylic acid groups (broad SMARTS) is 1. The van der Waals surface area contributed by atoms with E-state index in [1.807, 2.05) is 0 Å². The number of aromatic nitrogens is 2. The van der Waals surface area contributed by atoms with Gasteiger partial charge in [-0.05, 0) is 18.9 Å². The van der Waals surface area contributed by atoms with E-state index in [2.05, 4.69) is 15.3 Å². The van der Waals surface area contributed by atoms with E-state index >= 15 is 0 Å². The highest BCUT2D eigenvalue weighted by Gasteiger charge is 2.18. The van der Waals surface area contributed by atoms with Gasteiger partial charge in [0, 0.05) is 6.54 Å². The molecule has 2 rings (SSSR count). The maximum absolute atomic E-state index is 12.1. The molecule has 2 heterocycles. The molecule has 0 radical (unpaired) electrons. The fourth-order valence-electron chi connectivity index (χ4n) is 1.90. The van der Waals surface area contributed by atoms with Crippen LogP contribution in [0.4, 0.5) is 0 Å². The number of carbonyl (C=O) groups excluding carboxylic acids is 1.